The van der Waals surface area contributed by atoms with Crippen molar-refractivity contribution < 1.29 is 9.90 Å². The van der Waals surface area contributed by atoms with Gasteiger partial charge in [-0.15, -0.1) is 11.3 Å². The normalized spacial score (nSPS) is 25.8. The molecule has 1 N–H and O–H groups in total. The van der Waals surface area contributed by atoms with Gasteiger partial charge in [0.2, 0.25) is 0 Å². The van der Waals surface area contributed by atoms with Crippen LogP contribution in [0.5, 0.6) is 0 Å². The van der Waals surface area contributed by atoms with Gasteiger partial charge in [0.1, 0.15) is 10.1 Å². The van der Waals surface area contributed by atoms with E-state index >= 15 is 0 Å². The first-order valence-electron chi connectivity index (χ1n) is 5.16. The van der Waals surface area contributed by atoms with Crippen LogP contribution in [0.2, 0.25) is 0 Å². The van der Waals surface area contributed by atoms with Gasteiger partial charge in [0.25, 0.3) is 0 Å². The fourth-order valence-electron chi connectivity index (χ4n) is 2.02. The van der Waals surface area contributed by atoms with Gasteiger partial charge in [-0.2, -0.15) is 0 Å². The minimum atomic E-state index is -0.810. The number of carboxylic acids is 1. The number of aliphatic carboxylic acids is 1. The average molecular weight is 305 g/mol. The maximum atomic E-state index is 11.4. The van der Waals surface area contributed by atoms with Crippen molar-refractivity contribution in [3.8, 4) is 0 Å². The molecule has 16 heavy (non-hydrogen) atoms. The highest BCUT2D eigenvalue weighted by molar-refractivity contribution is 9.10. The molecule has 1 fully saturated rings. The third-order valence-corrected chi connectivity index (χ3v) is 4.62. The van der Waals surface area contributed by atoms with Crippen LogP contribution < -0.4 is 4.90 Å². The number of carboxylic acid groups (broad SMARTS) is 1. The average Bonchev–Trinajstić information content (AvgIpc) is 2.65. The third-order valence-electron chi connectivity index (χ3n) is 3.05. The van der Waals surface area contributed by atoms with Crippen LogP contribution in [0.25, 0.3) is 0 Å². The summed E-state index contributed by atoms with van der Waals surface area (Å²) in [5.41, 5.74) is -0.810. The number of carbonyl (C=O) groups is 1. The molecule has 0 spiro atoms. The fraction of sp³-hybridized carbons (Fsp3) is 0.600. The highest BCUT2D eigenvalue weighted by Gasteiger charge is 2.42. The van der Waals surface area contributed by atoms with Crippen molar-refractivity contribution >= 4 is 38.4 Å². The molecule has 1 unspecified atom stereocenters. The number of hydrogen-bond donors (Lipinski definition) is 1. The van der Waals surface area contributed by atoms with Crippen molar-refractivity contribution in [2.45, 2.75) is 31.7 Å². The number of aromatic nitrogens is 1. The van der Waals surface area contributed by atoms with Crippen LogP contribution in [0.4, 0.5) is 5.13 Å². The molecule has 0 bridgehead atoms. The molecule has 1 aliphatic heterocycles. The summed E-state index contributed by atoms with van der Waals surface area (Å²) in [5, 5.41) is 12.0. The molecule has 0 amide bonds. The lowest BCUT2D eigenvalue weighted by Gasteiger charge is -2.41. The Morgan fingerprint density at radius 2 is 2.44 bits per heavy atom. The minimum absolute atomic E-state index is 0.680. The quantitative estimate of drug-likeness (QED) is 0.913. The summed E-state index contributed by atoms with van der Waals surface area (Å²) in [6.07, 6.45) is 2.67. The van der Waals surface area contributed by atoms with E-state index in [2.05, 4.69) is 20.9 Å². The zero-order valence-corrected chi connectivity index (χ0v) is 11.3. The van der Waals surface area contributed by atoms with E-state index in [1.165, 1.54) is 11.3 Å². The van der Waals surface area contributed by atoms with E-state index in [0.29, 0.717) is 6.42 Å². The Bertz CT molecular complexity index is 409. The zero-order valence-electron chi connectivity index (χ0n) is 8.94. The van der Waals surface area contributed by atoms with Crippen LogP contribution in [0.1, 0.15) is 26.2 Å². The minimum Gasteiger partial charge on any atom is -0.480 e. The Balaban J connectivity index is 2.33. The van der Waals surface area contributed by atoms with Gasteiger partial charge in [-0.05, 0) is 42.1 Å². The topological polar surface area (TPSA) is 53.4 Å². The molecule has 88 valence electrons. The molecule has 1 atom stereocenters. The summed E-state index contributed by atoms with van der Waals surface area (Å²) in [6, 6.07) is 0. The Kier molecular flexibility index (Phi) is 3.21. The Morgan fingerprint density at radius 1 is 1.69 bits per heavy atom. The number of anilines is 1. The molecule has 2 rings (SSSR count). The van der Waals surface area contributed by atoms with Gasteiger partial charge < -0.3 is 10.0 Å². The predicted molar refractivity (Wildman–Crippen MR) is 67.1 cm³/mol. The highest BCUT2D eigenvalue weighted by atomic mass is 79.9. The van der Waals surface area contributed by atoms with E-state index in [1.807, 2.05) is 10.3 Å². The van der Waals surface area contributed by atoms with E-state index in [9.17, 15) is 9.90 Å². The summed E-state index contributed by atoms with van der Waals surface area (Å²) >= 11 is 4.78. The second-order valence-corrected chi connectivity index (χ2v) is 5.79. The molecule has 0 saturated carbocycles. The van der Waals surface area contributed by atoms with Crippen molar-refractivity contribution in [3.05, 3.63) is 9.98 Å². The number of piperidine rings is 1. The van der Waals surface area contributed by atoms with Gasteiger partial charge >= 0.3 is 5.97 Å². The molecule has 4 nitrogen and oxygen atoms in total. The summed E-state index contributed by atoms with van der Waals surface area (Å²) in [4.78, 5) is 17.6. The molecule has 1 aromatic rings. The first-order chi connectivity index (χ1) is 7.54. The van der Waals surface area contributed by atoms with E-state index in [4.69, 9.17) is 0 Å². The summed E-state index contributed by atoms with van der Waals surface area (Å²) in [5.74, 6) is -0.765. The molecule has 0 aromatic carbocycles. The standard InChI is InChI=1S/C10H13BrN2O2S/c1-10(8(14)15)4-2-3-5-13(10)9-12-7(11)6-16-9/h6H,2-5H2,1H3,(H,14,15). The molecule has 1 saturated heterocycles. The molecule has 0 radical (unpaired) electrons. The third kappa shape index (κ3) is 1.96. The van der Waals surface area contributed by atoms with Crippen LogP contribution in [0.3, 0.4) is 0 Å². The highest BCUT2D eigenvalue weighted by Crippen LogP contribution is 2.35. The van der Waals surface area contributed by atoms with E-state index in [-0.39, 0.29) is 0 Å². The molecule has 1 aliphatic rings. The molecular weight excluding hydrogens is 292 g/mol. The summed E-state index contributed by atoms with van der Waals surface area (Å²) in [6.45, 7) is 2.55. The number of rotatable bonds is 2. The van der Waals surface area contributed by atoms with Crippen LogP contribution in [0.15, 0.2) is 9.98 Å². The number of nitrogens with zero attached hydrogens (tertiary/aromatic N) is 2. The zero-order chi connectivity index (χ0) is 11.8. The van der Waals surface area contributed by atoms with Crippen LogP contribution >= 0.6 is 27.3 Å². The Labute approximate surface area is 106 Å². The van der Waals surface area contributed by atoms with E-state index in [0.717, 1.165) is 29.1 Å². The monoisotopic (exact) mass is 304 g/mol. The van der Waals surface area contributed by atoms with Crippen molar-refractivity contribution in [3.63, 3.8) is 0 Å². The second-order valence-electron chi connectivity index (χ2n) is 4.14. The SMILES string of the molecule is CC1(C(=O)O)CCCCN1c1nc(Br)cs1. The van der Waals surface area contributed by atoms with Gasteiger partial charge in [-0.1, -0.05) is 0 Å². The van der Waals surface area contributed by atoms with Gasteiger partial charge in [0.05, 0.1) is 0 Å². The predicted octanol–water partition coefficient (Wildman–Crippen LogP) is 2.74. The van der Waals surface area contributed by atoms with Gasteiger partial charge in [-0.25, -0.2) is 9.78 Å². The fourth-order valence-corrected chi connectivity index (χ4v) is 3.41. The van der Waals surface area contributed by atoms with E-state index < -0.39 is 11.5 Å². The maximum Gasteiger partial charge on any atom is 0.329 e. The smallest absolute Gasteiger partial charge is 0.329 e. The maximum absolute atomic E-state index is 11.4. The molecule has 0 aliphatic carbocycles. The lowest BCUT2D eigenvalue weighted by atomic mass is 9.89. The number of halogens is 1. The molecule has 2 heterocycles. The molecule has 1 aromatic heterocycles. The van der Waals surface area contributed by atoms with E-state index in [1.54, 1.807) is 6.92 Å². The number of hydrogen-bond acceptors (Lipinski definition) is 4. The van der Waals surface area contributed by atoms with Crippen LogP contribution in [-0.2, 0) is 4.79 Å². The first-order valence-corrected chi connectivity index (χ1v) is 6.83. The van der Waals surface area contributed by atoms with Crippen LogP contribution in [-0.4, -0.2) is 28.1 Å². The summed E-state index contributed by atoms with van der Waals surface area (Å²) in [7, 11) is 0. The Hall–Kier alpha value is -0.620. The van der Waals surface area contributed by atoms with Gasteiger partial charge in [0, 0.05) is 11.9 Å². The first kappa shape index (κ1) is 11.9. The summed E-state index contributed by atoms with van der Waals surface area (Å²) < 4.78 is 0.769. The van der Waals surface area contributed by atoms with Gasteiger partial charge in [-0.3, -0.25) is 0 Å². The largest absolute Gasteiger partial charge is 0.480 e. The van der Waals surface area contributed by atoms with Crippen molar-refractivity contribution in [2.24, 2.45) is 0 Å². The van der Waals surface area contributed by atoms with Crippen molar-refractivity contribution in [1.82, 2.24) is 4.98 Å². The number of thiazole rings is 1. The molecular formula is C10H13BrN2O2S. The second kappa shape index (κ2) is 4.33. The molecule has 6 heteroatoms. The van der Waals surface area contributed by atoms with Crippen molar-refractivity contribution in [2.75, 3.05) is 11.4 Å². The Morgan fingerprint density at radius 3 is 3.00 bits per heavy atom. The lowest BCUT2D eigenvalue weighted by molar-refractivity contribution is -0.143. The van der Waals surface area contributed by atoms with Crippen molar-refractivity contribution in [1.29, 1.82) is 0 Å². The lowest BCUT2D eigenvalue weighted by Crippen LogP contribution is -2.55. The van der Waals surface area contributed by atoms with Crippen LogP contribution in [0, 0.1) is 0 Å². The van der Waals surface area contributed by atoms with Gasteiger partial charge in [0.15, 0.2) is 5.13 Å².